The predicted octanol–water partition coefficient (Wildman–Crippen LogP) is 4.82. The van der Waals surface area contributed by atoms with Crippen molar-refractivity contribution in [3.05, 3.63) is 84.8 Å². The second-order valence-corrected chi connectivity index (χ2v) is 8.66. The lowest BCUT2D eigenvalue weighted by molar-refractivity contribution is 0.216. The second kappa shape index (κ2) is 9.65. The van der Waals surface area contributed by atoms with E-state index >= 15 is 0 Å². The van der Waals surface area contributed by atoms with Crippen molar-refractivity contribution in [1.29, 1.82) is 0 Å². The highest BCUT2D eigenvalue weighted by molar-refractivity contribution is 5.92. The average molecular weight is 480 g/mol. The van der Waals surface area contributed by atoms with Crippen LogP contribution in [-0.2, 0) is 6.61 Å². The van der Waals surface area contributed by atoms with Crippen molar-refractivity contribution in [2.24, 2.45) is 0 Å². The third-order valence-corrected chi connectivity index (χ3v) is 6.30. The molecule has 1 fully saturated rings. The summed E-state index contributed by atoms with van der Waals surface area (Å²) in [4.78, 5) is 20.4. The van der Waals surface area contributed by atoms with E-state index in [1.165, 1.54) is 0 Å². The molecule has 5 aromatic rings. The summed E-state index contributed by atoms with van der Waals surface area (Å²) in [5.41, 5.74) is 3.56. The van der Waals surface area contributed by atoms with Gasteiger partial charge < -0.3 is 19.1 Å². The minimum absolute atomic E-state index is 0.0162. The van der Waals surface area contributed by atoms with E-state index < -0.39 is 0 Å². The van der Waals surface area contributed by atoms with Crippen molar-refractivity contribution < 1.29 is 14.2 Å². The summed E-state index contributed by atoms with van der Waals surface area (Å²) in [6, 6.07) is 21.7. The lowest BCUT2D eigenvalue weighted by atomic mass is 10.2. The third-order valence-electron chi connectivity index (χ3n) is 6.30. The van der Waals surface area contributed by atoms with E-state index in [-0.39, 0.29) is 6.10 Å². The van der Waals surface area contributed by atoms with Gasteiger partial charge in [-0.1, -0.05) is 42.5 Å². The van der Waals surface area contributed by atoms with E-state index in [0.717, 1.165) is 46.3 Å². The standard InChI is InChI=1S/C28H25N5O3/c1-34-25-14-24-21(13-26(25)35-17-19-7-3-2-4-8-19)28(31-18-30-24)33-12-11-20(16-33)36-27-15-29-22-9-5-6-10-23(22)32-27/h2-10,13-15,18,20H,11-12,16-17H2,1H3/t20-/m1/s1. The van der Waals surface area contributed by atoms with Crippen LogP contribution in [0.1, 0.15) is 12.0 Å². The normalized spacial score (nSPS) is 15.4. The molecule has 0 amide bonds. The minimum atomic E-state index is -0.0162. The summed E-state index contributed by atoms with van der Waals surface area (Å²) < 4.78 is 17.9. The lowest BCUT2D eigenvalue weighted by Gasteiger charge is -2.20. The molecule has 0 radical (unpaired) electrons. The number of nitrogens with zero attached hydrogens (tertiary/aromatic N) is 5. The van der Waals surface area contributed by atoms with Crippen LogP contribution in [-0.4, -0.2) is 46.2 Å². The highest BCUT2D eigenvalue weighted by Crippen LogP contribution is 2.36. The molecule has 0 bridgehead atoms. The number of aromatic nitrogens is 4. The Hall–Kier alpha value is -4.46. The molecule has 8 heteroatoms. The molecule has 1 aliphatic rings. The smallest absolute Gasteiger partial charge is 0.233 e. The van der Waals surface area contributed by atoms with Crippen LogP contribution in [0.25, 0.3) is 21.9 Å². The van der Waals surface area contributed by atoms with Gasteiger partial charge in [-0.2, -0.15) is 0 Å². The fraction of sp³-hybridized carbons (Fsp3) is 0.214. The van der Waals surface area contributed by atoms with Gasteiger partial charge in [-0.15, -0.1) is 0 Å². The van der Waals surface area contributed by atoms with Gasteiger partial charge in [0.2, 0.25) is 5.88 Å². The quantitative estimate of drug-likeness (QED) is 0.329. The van der Waals surface area contributed by atoms with E-state index in [1.807, 2.05) is 66.7 Å². The van der Waals surface area contributed by atoms with Gasteiger partial charge in [-0.25, -0.2) is 19.9 Å². The van der Waals surface area contributed by atoms with Crippen molar-refractivity contribution >= 4 is 27.8 Å². The van der Waals surface area contributed by atoms with Gasteiger partial charge in [0.15, 0.2) is 11.5 Å². The van der Waals surface area contributed by atoms with E-state index in [4.69, 9.17) is 14.2 Å². The first kappa shape index (κ1) is 22.0. The van der Waals surface area contributed by atoms with Gasteiger partial charge >= 0.3 is 0 Å². The predicted molar refractivity (Wildman–Crippen MR) is 138 cm³/mol. The molecule has 0 spiro atoms. The molecule has 36 heavy (non-hydrogen) atoms. The van der Waals surface area contributed by atoms with Crippen LogP contribution in [0.15, 0.2) is 79.3 Å². The van der Waals surface area contributed by atoms with Crippen LogP contribution in [0.4, 0.5) is 5.82 Å². The Bertz CT molecular complexity index is 1510. The number of para-hydroxylation sites is 2. The highest BCUT2D eigenvalue weighted by Gasteiger charge is 2.27. The van der Waals surface area contributed by atoms with E-state index in [2.05, 4.69) is 24.8 Å². The van der Waals surface area contributed by atoms with Crippen molar-refractivity contribution in [2.75, 3.05) is 25.1 Å². The third kappa shape index (κ3) is 4.45. The summed E-state index contributed by atoms with van der Waals surface area (Å²) in [6.45, 7) is 1.94. The van der Waals surface area contributed by atoms with E-state index in [1.54, 1.807) is 19.6 Å². The summed E-state index contributed by atoms with van der Waals surface area (Å²) in [5.74, 6) is 2.68. The number of anilines is 1. The average Bonchev–Trinajstić information content (AvgIpc) is 3.39. The molecular formula is C28H25N5O3. The first-order valence-corrected chi connectivity index (χ1v) is 11.9. The zero-order chi connectivity index (χ0) is 24.3. The fourth-order valence-electron chi connectivity index (χ4n) is 4.49. The molecule has 0 unspecified atom stereocenters. The van der Waals surface area contributed by atoms with Crippen LogP contribution in [0, 0.1) is 0 Å². The summed E-state index contributed by atoms with van der Waals surface area (Å²) in [6.07, 6.45) is 4.11. The Morgan fingerprint density at radius 2 is 1.72 bits per heavy atom. The molecule has 1 saturated heterocycles. The number of rotatable bonds is 7. The molecule has 1 atom stereocenters. The molecule has 180 valence electrons. The summed E-state index contributed by atoms with van der Waals surface area (Å²) in [7, 11) is 1.64. The van der Waals surface area contributed by atoms with Crippen molar-refractivity contribution in [3.63, 3.8) is 0 Å². The Morgan fingerprint density at radius 3 is 2.58 bits per heavy atom. The van der Waals surface area contributed by atoms with Gasteiger partial charge in [0.25, 0.3) is 0 Å². The van der Waals surface area contributed by atoms with Crippen molar-refractivity contribution in [1.82, 2.24) is 19.9 Å². The van der Waals surface area contributed by atoms with Crippen LogP contribution in [0.3, 0.4) is 0 Å². The topological polar surface area (TPSA) is 82.5 Å². The summed E-state index contributed by atoms with van der Waals surface area (Å²) in [5, 5.41) is 0.910. The molecule has 3 aromatic carbocycles. The number of hydrogen-bond acceptors (Lipinski definition) is 8. The molecule has 0 saturated carbocycles. The lowest BCUT2D eigenvalue weighted by Crippen LogP contribution is -2.25. The molecule has 6 rings (SSSR count). The second-order valence-electron chi connectivity index (χ2n) is 8.66. The fourth-order valence-corrected chi connectivity index (χ4v) is 4.49. The Morgan fingerprint density at radius 1 is 0.889 bits per heavy atom. The van der Waals surface area contributed by atoms with Gasteiger partial charge in [0.1, 0.15) is 24.9 Å². The van der Waals surface area contributed by atoms with Gasteiger partial charge in [0, 0.05) is 24.4 Å². The number of ether oxygens (including phenoxy) is 3. The zero-order valence-electron chi connectivity index (χ0n) is 19.9. The number of hydrogen-bond donors (Lipinski definition) is 0. The van der Waals surface area contributed by atoms with Gasteiger partial charge in [-0.05, 0) is 23.8 Å². The Kier molecular flexibility index (Phi) is 5.91. The molecule has 0 aliphatic carbocycles. The first-order valence-electron chi connectivity index (χ1n) is 11.9. The van der Waals surface area contributed by atoms with Crippen LogP contribution >= 0.6 is 0 Å². The van der Waals surface area contributed by atoms with Crippen LogP contribution < -0.4 is 19.1 Å². The van der Waals surface area contributed by atoms with Gasteiger partial charge in [0.05, 0.1) is 36.4 Å². The van der Waals surface area contributed by atoms with E-state index in [9.17, 15) is 0 Å². The maximum atomic E-state index is 6.19. The van der Waals surface area contributed by atoms with Crippen molar-refractivity contribution in [3.8, 4) is 17.4 Å². The Balaban J connectivity index is 1.23. The van der Waals surface area contributed by atoms with Crippen molar-refractivity contribution in [2.45, 2.75) is 19.1 Å². The first-order chi connectivity index (χ1) is 17.8. The number of benzene rings is 3. The molecule has 0 N–H and O–H groups in total. The zero-order valence-corrected chi connectivity index (χ0v) is 19.9. The SMILES string of the molecule is COc1cc2ncnc(N3CC[C@@H](Oc4cnc5ccccc5n4)C3)c2cc1OCc1ccccc1. The molecule has 8 nitrogen and oxygen atoms in total. The summed E-state index contributed by atoms with van der Waals surface area (Å²) >= 11 is 0. The maximum absolute atomic E-state index is 6.19. The van der Waals surface area contributed by atoms with Crippen LogP contribution in [0.5, 0.6) is 17.4 Å². The molecule has 3 heterocycles. The maximum Gasteiger partial charge on any atom is 0.233 e. The van der Waals surface area contributed by atoms with Gasteiger partial charge in [-0.3, -0.25) is 0 Å². The minimum Gasteiger partial charge on any atom is -0.493 e. The largest absolute Gasteiger partial charge is 0.493 e. The van der Waals surface area contributed by atoms with E-state index in [0.29, 0.717) is 30.5 Å². The number of methoxy groups -OCH3 is 1. The Labute approximate surface area is 208 Å². The monoisotopic (exact) mass is 479 g/mol. The molecule has 2 aromatic heterocycles. The van der Waals surface area contributed by atoms with Crippen LogP contribution in [0.2, 0.25) is 0 Å². The molecule has 1 aliphatic heterocycles. The molecular weight excluding hydrogens is 454 g/mol. The number of fused-ring (bicyclic) bond motifs is 2. The highest BCUT2D eigenvalue weighted by atomic mass is 16.5.